The molecule has 0 aliphatic heterocycles. The molecule has 12 aromatic rings. The van der Waals surface area contributed by atoms with Gasteiger partial charge < -0.3 is 0 Å². The van der Waals surface area contributed by atoms with Crippen molar-refractivity contribution in [1.29, 1.82) is 0 Å². The maximum absolute atomic E-state index is 16.2. The average molecular weight is 2190 g/mol. The fraction of sp³-hybridized carbons (Fsp3) is 0. The Morgan fingerprint density at radius 3 is 0.415 bits per heavy atom. The molecule has 0 atom stereocenters. The molecular formula is C86H29B2F45I2. The maximum Gasteiger partial charge on any atom is 0.357 e. The average Bonchev–Trinajstić information content (AvgIpc) is 0.681. The van der Waals surface area contributed by atoms with Gasteiger partial charge in [0.05, 0.1) is 38.9 Å². The molecule has 0 unspecified atom stereocenters. The molecule has 0 aliphatic carbocycles. The highest BCUT2D eigenvalue weighted by Gasteiger charge is 2.56. The van der Waals surface area contributed by atoms with Crippen LogP contribution in [0.1, 0.15) is 38.9 Å². The van der Waals surface area contributed by atoms with Crippen LogP contribution in [0.15, 0.2) is 165 Å². The molecule has 0 N–H and O–H groups in total. The smallest absolute Gasteiger partial charge is 0.207 e. The van der Waals surface area contributed by atoms with Crippen LogP contribution in [-0.2, 0) is 0 Å². The van der Waals surface area contributed by atoms with Crippen LogP contribution in [0.5, 0.6) is 0 Å². The summed E-state index contributed by atoms with van der Waals surface area (Å²) >= 11 is 0.0574. The fourth-order valence-electron chi connectivity index (χ4n) is 13.8. The van der Waals surface area contributed by atoms with Crippen molar-refractivity contribution in [2.45, 2.75) is 0 Å². The minimum Gasteiger partial charge on any atom is -0.207 e. The fourth-order valence-corrected chi connectivity index (χ4v) is 18.4. The Kier molecular flexibility index (Phi) is 33.0. The Hall–Kier alpha value is -12.7. The van der Waals surface area contributed by atoms with Gasteiger partial charge in [0.25, 0.3) is 0 Å². The first kappa shape index (κ1) is 106. The highest BCUT2D eigenvalue weighted by atomic mass is 127. The van der Waals surface area contributed by atoms with E-state index in [0.29, 0.717) is 0 Å². The SMILES string of the molecule is C=Cc1c(F)c(F)c([B-](c2c(F)c(F)c(F)c(F)c2F)(c2c(F)c(F)c(C=C)c(F)c2F)c2c(F)c(F)c(C=C)c(F)c2F)c(F)c1F.FC(F)=C(F)c1c(F)c(F)c([B-](c2c(F)c(F)c(C(F)=C(F)F)c(F)c2F)(c2c(F)c(F)c(C(F)=C(F)F)c(F)c2F)c2c(F)c(F)c(C(F)=C(F)F)c(F)c2F)c(F)c1F.c1ccc([I+]c2ccccc2)cc1.c1ccc([I+]c2ccccc2)cc1. The predicted octanol–water partition coefficient (Wildman–Crippen LogP) is 18.4. The van der Waals surface area contributed by atoms with Crippen molar-refractivity contribution in [2.24, 2.45) is 0 Å². The molecule has 135 heavy (non-hydrogen) atoms. The second-order valence-corrected chi connectivity index (χ2v) is 32.5. The number of halogens is 47. The van der Waals surface area contributed by atoms with Crippen LogP contribution in [0.4, 0.5) is 198 Å². The molecule has 0 saturated carbocycles. The number of hydrogen-bond donors (Lipinski definition) is 0. The van der Waals surface area contributed by atoms with Crippen molar-refractivity contribution in [3.05, 3.63) is 411 Å². The van der Waals surface area contributed by atoms with Gasteiger partial charge in [0, 0.05) is 0 Å². The molecular weight excluding hydrogens is 2160 g/mol. The highest BCUT2D eigenvalue weighted by molar-refractivity contribution is 7.21. The zero-order valence-electron chi connectivity index (χ0n) is 64.3. The summed E-state index contributed by atoms with van der Waals surface area (Å²) in [6, 6.07) is 42.8. The number of hydrogen-bond acceptors (Lipinski definition) is 0. The third kappa shape index (κ3) is 18.5. The molecule has 0 saturated heterocycles. The second kappa shape index (κ2) is 42.0. The van der Waals surface area contributed by atoms with Crippen molar-refractivity contribution in [2.75, 3.05) is 0 Å². The first-order valence-corrected chi connectivity index (χ1v) is 39.6. The van der Waals surface area contributed by atoms with E-state index in [1.54, 1.807) is 0 Å². The van der Waals surface area contributed by atoms with E-state index in [1.807, 2.05) is 0 Å². The molecule has 0 spiro atoms. The maximum atomic E-state index is 16.2. The van der Waals surface area contributed by atoms with E-state index in [1.165, 1.54) is 14.3 Å². The minimum absolute atomic E-state index is 0.0214. The molecule has 12 rings (SSSR count). The monoisotopic (exact) mass is 2190 g/mol. The van der Waals surface area contributed by atoms with Crippen LogP contribution >= 0.6 is 0 Å². The molecule has 0 radical (unpaired) electrons. The van der Waals surface area contributed by atoms with Gasteiger partial charge in [0.15, 0.2) is 113 Å². The lowest BCUT2D eigenvalue weighted by Gasteiger charge is -2.45. The number of benzene rings is 12. The molecule has 0 amide bonds. The van der Waals surface area contributed by atoms with Gasteiger partial charge >= 0.3 is 66.7 Å². The normalized spacial score (nSPS) is 11.3. The van der Waals surface area contributed by atoms with Crippen LogP contribution in [0.2, 0.25) is 0 Å². The van der Waals surface area contributed by atoms with Crippen LogP contribution in [0.3, 0.4) is 0 Å². The first-order valence-electron chi connectivity index (χ1n) is 35.3. The van der Waals surface area contributed by atoms with Crippen molar-refractivity contribution in [3.63, 3.8) is 0 Å². The van der Waals surface area contributed by atoms with Gasteiger partial charge in [0.2, 0.25) is 23.3 Å². The number of rotatable bonds is 19. The van der Waals surface area contributed by atoms with Gasteiger partial charge in [-0.25, -0.2) is 162 Å². The Morgan fingerprint density at radius 1 is 0.170 bits per heavy atom. The predicted molar refractivity (Wildman–Crippen MR) is 391 cm³/mol. The van der Waals surface area contributed by atoms with E-state index in [9.17, 15) is 65.9 Å². The molecule has 0 aliphatic rings. The van der Waals surface area contributed by atoms with Gasteiger partial charge in [-0.05, 0) is 48.5 Å². The van der Waals surface area contributed by atoms with E-state index in [4.69, 9.17) is 0 Å². The Balaban J connectivity index is 0.000000240. The van der Waals surface area contributed by atoms with E-state index in [-0.39, 0.29) is 60.6 Å². The molecule has 0 bridgehead atoms. The van der Waals surface area contributed by atoms with Gasteiger partial charge in [-0.3, -0.25) is 0 Å². The van der Waals surface area contributed by atoms with Gasteiger partial charge in [-0.15, -0.1) is 43.7 Å². The molecule has 0 heterocycles. The topological polar surface area (TPSA) is 0 Å². The molecule has 0 fully saturated rings. The zero-order valence-corrected chi connectivity index (χ0v) is 68.6. The van der Waals surface area contributed by atoms with E-state index in [2.05, 4.69) is 141 Å². The summed E-state index contributed by atoms with van der Waals surface area (Å²) in [5, 5.41) is 0. The molecule has 0 nitrogen and oxygen atoms in total. The minimum atomic E-state index is -8.01. The van der Waals surface area contributed by atoms with Crippen molar-refractivity contribution in [1.82, 2.24) is 0 Å². The van der Waals surface area contributed by atoms with Crippen LogP contribution < -0.4 is 86.1 Å². The quantitative estimate of drug-likeness (QED) is 0.0249. The second-order valence-electron chi connectivity index (χ2n) is 26.4. The van der Waals surface area contributed by atoms with Crippen LogP contribution in [0, 0.1) is 206 Å². The lowest BCUT2D eigenvalue weighted by Crippen LogP contribution is -3.61. The van der Waals surface area contributed by atoms with Crippen LogP contribution in [-0.4, -0.2) is 12.3 Å². The summed E-state index contributed by atoms with van der Waals surface area (Å²) in [6.07, 6.45) is -31.1. The van der Waals surface area contributed by atoms with Gasteiger partial charge in [0.1, 0.15) is 105 Å². The molecule has 12 aromatic carbocycles. The summed E-state index contributed by atoms with van der Waals surface area (Å²) in [5.41, 5.74) is -49.0. The van der Waals surface area contributed by atoms with Crippen molar-refractivity contribution < 1.29 is 240 Å². The summed E-state index contributed by atoms with van der Waals surface area (Å²) in [5.74, 6) is -135. The van der Waals surface area contributed by atoms with E-state index in [0.717, 1.165) is 0 Å². The third-order valence-corrected chi connectivity index (χ3v) is 24.8. The Bertz CT molecular complexity index is 6010. The highest BCUT2D eigenvalue weighted by Crippen LogP contribution is 2.41. The summed E-state index contributed by atoms with van der Waals surface area (Å²) < 4.78 is 683. The van der Waals surface area contributed by atoms with E-state index >= 15 is 132 Å². The third-order valence-electron chi connectivity index (χ3n) is 19.4. The largest absolute Gasteiger partial charge is 0.357 e. The summed E-state index contributed by atoms with van der Waals surface area (Å²) in [7, 11) is 0. The lowest BCUT2D eigenvalue weighted by molar-refractivity contribution is -0.597. The lowest BCUT2D eigenvalue weighted by atomic mass is 9.12. The zero-order chi connectivity index (χ0) is 101. The molecule has 708 valence electrons. The van der Waals surface area contributed by atoms with Crippen LogP contribution in [0.25, 0.3) is 41.5 Å². The summed E-state index contributed by atoms with van der Waals surface area (Å²) in [6.45, 7) is 8.33. The first-order chi connectivity index (χ1) is 63.2. The van der Waals surface area contributed by atoms with Crippen molar-refractivity contribution >= 4 is 97.5 Å². The summed E-state index contributed by atoms with van der Waals surface area (Å²) in [4.78, 5) is 0. The molecule has 0 aromatic heterocycles. The molecule has 49 heteroatoms. The van der Waals surface area contributed by atoms with Gasteiger partial charge in [-0.2, -0.15) is 35.1 Å². The Morgan fingerprint density at radius 2 is 0.289 bits per heavy atom. The standard InChI is InChI=1S/C32BF28.C30H9BF17.2C12H10I/c34-9-1(17(42)29(54)55)10(35)22(47)5(21(9)46)33(6-23(48)11(36)2(12(37)24(6)49)18(43)30(56)57,7-25(50)13(38)3(14(39)26(7)51)19(44)31(58)59)8-27(52)15(40)4(16(41)28(8)53)20(45)32(60)61;1-4-7-14(32)20(38)10(21(39)15(7)33)31(13-26(44)28(46)30(48)29(47)27(13)45,11-22(40)16(34)8(5-2)17(35)23(11)41)12-24(42)18(36)9(6-3)19(37)25(12)43;2*1-3-7-11(8-4-1)13-12-9-5-2-6-10-12/h;4-6H,1-3H2;2*1-10H/q2*-1;2*+1. The van der Waals surface area contributed by atoms with Gasteiger partial charge in [-0.1, -0.05) is 111 Å². The van der Waals surface area contributed by atoms with Crippen molar-refractivity contribution in [3.8, 4) is 0 Å². The van der Waals surface area contributed by atoms with E-state index < -0.39 is 335 Å². The Labute approximate surface area is 744 Å².